The van der Waals surface area contributed by atoms with Crippen molar-refractivity contribution in [2.24, 2.45) is 5.92 Å². The van der Waals surface area contributed by atoms with Crippen LogP contribution in [0.5, 0.6) is 0 Å². The van der Waals surface area contributed by atoms with Crippen molar-refractivity contribution in [2.75, 3.05) is 7.11 Å². The van der Waals surface area contributed by atoms with Crippen LogP contribution in [0.25, 0.3) is 0 Å². The van der Waals surface area contributed by atoms with E-state index in [2.05, 4.69) is 9.97 Å². The summed E-state index contributed by atoms with van der Waals surface area (Å²) in [5.41, 5.74) is 0.711. The van der Waals surface area contributed by atoms with Crippen LogP contribution in [0.1, 0.15) is 61.6 Å². The minimum atomic E-state index is -0.997. The van der Waals surface area contributed by atoms with E-state index in [0.29, 0.717) is 11.5 Å². The first-order valence-electron chi connectivity index (χ1n) is 6.01. The van der Waals surface area contributed by atoms with Crippen molar-refractivity contribution in [1.29, 1.82) is 0 Å². The van der Waals surface area contributed by atoms with Crippen molar-refractivity contribution in [3.8, 4) is 0 Å². The van der Waals surface area contributed by atoms with E-state index in [0.717, 1.165) is 0 Å². The number of nitrogens with zero attached hydrogens (tertiary/aromatic N) is 2. The van der Waals surface area contributed by atoms with E-state index in [1.807, 2.05) is 27.7 Å². The van der Waals surface area contributed by atoms with Crippen molar-refractivity contribution >= 4 is 5.97 Å². The van der Waals surface area contributed by atoms with Gasteiger partial charge in [-0.05, 0) is 11.8 Å². The first-order chi connectivity index (χ1) is 8.38. The summed E-state index contributed by atoms with van der Waals surface area (Å²) < 4.78 is 5.36. The molecule has 1 aromatic heterocycles. The molecule has 0 spiro atoms. The molecular weight excluding hydrogens is 232 g/mol. The van der Waals surface area contributed by atoms with E-state index >= 15 is 0 Å². The summed E-state index contributed by atoms with van der Waals surface area (Å²) in [7, 11) is 1.61. The molecule has 5 nitrogen and oxygen atoms in total. The van der Waals surface area contributed by atoms with Crippen molar-refractivity contribution in [2.45, 2.75) is 39.7 Å². The maximum absolute atomic E-state index is 11.1. The zero-order valence-corrected chi connectivity index (χ0v) is 11.5. The summed E-state index contributed by atoms with van der Waals surface area (Å²) in [5.74, 6) is -0.196. The van der Waals surface area contributed by atoms with Crippen LogP contribution >= 0.6 is 0 Å². The number of hydrogen-bond donors (Lipinski definition) is 1. The van der Waals surface area contributed by atoms with Gasteiger partial charge in [-0.1, -0.05) is 27.7 Å². The number of carbonyl (C=O) groups is 1. The van der Waals surface area contributed by atoms with Gasteiger partial charge >= 0.3 is 5.97 Å². The van der Waals surface area contributed by atoms with E-state index in [9.17, 15) is 4.79 Å². The molecule has 0 bridgehead atoms. The quantitative estimate of drug-likeness (QED) is 0.872. The number of hydrogen-bond acceptors (Lipinski definition) is 4. The first-order valence-corrected chi connectivity index (χ1v) is 6.01. The molecule has 0 aliphatic carbocycles. The third-order valence-electron chi connectivity index (χ3n) is 2.73. The van der Waals surface area contributed by atoms with E-state index in [-0.39, 0.29) is 23.5 Å². The Balaban J connectivity index is 3.26. The van der Waals surface area contributed by atoms with Crippen LogP contribution in [0.15, 0.2) is 6.20 Å². The number of aromatic carboxylic acids is 1. The zero-order valence-electron chi connectivity index (χ0n) is 11.5. The van der Waals surface area contributed by atoms with E-state index < -0.39 is 5.97 Å². The second-order valence-electron chi connectivity index (χ2n) is 4.89. The van der Waals surface area contributed by atoms with Crippen LogP contribution in [0, 0.1) is 5.92 Å². The van der Waals surface area contributed by atoms with Crippen LogP contribution in [-0.2, 0) is 4.74 Å². The van der Waals surface area contributed by atoms with Gasteiger partial charge in [-0.25, -0.2) is 14.8 Å². The smallest absolute Gasteiger partial charge is 0.339 e. The molecule has 18 heavy (non-hydrogen) atoms. The monoisotopic (exact) mass is 252 g/mol. The SMILES string of the molecule is COC(c1ncc(C(=O)O)c(C(C)C)n1)C(C)C. The number of methoxy groups -OCH3 is 1. The Morgan fingerprint density at radius 2 is 1.94 bits per heavy atom. The van der Waals surface area contributed by atoms with Crippen molar-refractivity contribution < 1.29 is 14.6 Å². The minimum Gasteiger partial charge on any atom is -0.478 e. The Morgan fingerprint density at radius 1 is 1.33 bits per heavy atom. The standard InChI is InChI=1S/C13H20N2O3/c1-7(2)10-9(13(16)17)6-14-12(15-10)11(18-5)8(3)4/h6-8,11H,1-5H3,(H,16,17). The summed E-state index contributed by atoms with van der Waals surface area (Å²) in [6, 6.07) is 0. The molecule has 0 amide bonds. The van der Waals surface area contributed by atoms with Crippen LogP contribution in [0.4, 0.5) is 0 Å². The molecule has 0 aromatic carbocycles. The maximum Gasteiger partial charge on any atom is 0.339 e. The topological polar surface area (TPSA) is 72.3 Å². The van der Waals surface area contributed by atoms with Crippen LogP contribution in [0.2, 0.25) is 0 Å². The molecule has 1 unspecified atom stereocenters. The van der Waals surface area contributed by atoms with Gasteiger partial charge in [0.1, 0.15) is 6.10 Å². The molecule has 1 aromatic rings. The molecule has 0 radical (unpaired) electrons. The number of rotatable bonds is 5. The molecule has 1 heterocycles. The molecule has 0 saturated carbocycles. The lowest BCUT2D eigenvalue weighted by molar-refractivity contribution is 0.0568. The molecule has 0 aliphatic heterocycles. The Morgan fingerprint density at radius 3 is 2.33 bits per heavy atom. The highest BCUT2D eigenvalue weighted by atomic mass is 16.5. The third kappa shape index (κ3) is 3.04. The second-order valence-corrected chi connectivity index (χ2v) is 4.89. The van der Waals surface area contributed by atoms with Crippen molar-refractivity contribution in [3.05, 3.63) is 23.3 Å². The lowest BCUT2D eigenvalue weighted by atomic mass is 10.0. The molecule has 1 atom stereocenters. The summed E-state index contributed by atoms with van der Waals surface area (Å²) in [4.78, 5) is 19.6. The van der Waals surface area contributed by atoms with Crippen LogP contribution in [-0.4, -0.2) is 28.2 Å². The van der Waals surface area contributed by atoms with Gasteiger partial charge in [-0.3, -0.25) is 0 Å². The van der Waals surface area contributed by atoms with Gasteiger partial charge in [0, 0.05) is 13.3 Å². The average molecular weight is 252 g/mol. The van der Waals surface area contributed by atoms with E-state index in [4.69, 9.17) is 9.84 Å². The highest BCUT2D eigenvalue weighted by molar-refractivity contribution is 5.88. The lowest BCUT2D eigenvalue weighted by Gasteiger charge is -2.19. The Kier molecular flexibility index (Phi) is 4.78. The molecule has 100 valence electrons. The fourth-order valence-electron chi connectivity index (χ4n) is 1.83. The highest BCUT2D eigenvalue weighted by Gasteiger charge is 2.22. The largest absolute Gasteiger partial charge is 0.478 e. The fraction of sp³-hybridized carbons (Fsp3) is 0.615. The van der Waals surface area contributed by atoms with E-state index in [1.165, 1.54) is 6.20 Å². The normalized spacial score (nSPS) is 13.1. The summed E-state index contributed by atoms with van der Waals surface area (Å²) in [6.45, 7) is 7.85. The first kappa shape index (κ1) is 14.6. The molecule has 1 N–H and O–H groups in total. The highest BCUT2D eigenvalue weighted by Crippen LogP contribution is 2.24. The fourth-order valence-corrected chi connectivity index (χ4v) is 1.83. The van der Waals surface area contributed by atoms with Crippen molar-refractivity contribution in [3.63, 3.8) is 0 Å². The van der Waals surface area contributed by atoms with Gasteiger partial charge in [0.2, 0.25) is 0 Å². The van der Waals surface area contributed by atoms with Gasteiger partial charge in [-0.2, -0.15) is 0 Å². The van der Waals surface area contributed by atoms with Crippen LogP contribution in [0.3, 0.4) is 0 Å². The zero-order chi connectivity index (χ0) is 13.9. The summed E-state index contributed by atoms with van der Waals surface area (Å²) in [5, 5.41) is 9.10. The van der Waals surface area contributed by atoms with Gasteiger partial charge in [0.15, 0.2) is 5.82 Å². The van der Waals surface area contributed by atoms with Gasteiger partial charge < -0.3 is 9.84 Å². The molecule has 0 aliphatic rings. The maximum atomic E-state index is 11.1. The Hall–Kier alpha value is -1.49. The summed E-state index contributed by atoms with van der Waals surface area (Å²) in [6.07, 6.45) is 1.15. The lowest BCUT2D eigenvalue weighted by Crippen LogP contribution is -2.17. The molecule has 1 rings (SSSR count). The molecule has 0 saturated heterocycles. The van der Waals surface area contributed by atoms with E-state index in [1.54, 1.807) is 7.11 Å². The predicted molar refractivity (Wildman–Crippen MR) is 67.7 cm³/mol. The number of ether oxygens (including phenoxy) is 1. The number of carboxylic acids is 1. The third-order valence-corrected chi connectivity index (χ3v) is 2.73. The predicted octanol–water partition coefficient (Wildman–Crippen LogP) is 2.64. The molecular formula is C13H20N2O3. The minimum absolute atomic E-state index is 0.0301. The second kappa shape index (κ2) is 5.91. The number of aromatic nitrogens is 2. The Bertz CT molecular complexity index is 430. The molecule has 0 fully saturated rings. The van der Waals surface area contributed by atoms with Gasteiger partial charge in [0.05, 0.1) is 11.3 Å². The van der Waals surface area contributed by atoms with Gasteiger partial charge in [0.25, 0.3) is 0 Å². The average Bonchev–Trinajstić information content (AvgIpc) is 2.28. The van der Waals surface area contributed by atoms with Gasteiger partial charge in [-0.15, -0.1) is 0 Å². The van der Waals surface area contributed by atoms with Crippen LogP contribution < -0.4 is 0 Å². The van der Waals surface area contributed by atoms with Crippen molar-refractivity contribution in [1.82, 2.24) is 9.97 Å². The molecule has 5 heteroatoms. The summed E-state index contributed by atoms with van der Waals surface area (Å²) >= 11 is 0. The number of carboxylic acid groups (broad SMARTS) is 1. The Labute approximate surface area is 107 Å².